The highest BCUT2D eigenvalue weighted by molar-refractivity contribution is 7.10. The van der Waals surface area contributed by atoms with E-state index in [4.69, 9.17) is 0 Å². The Balaban J connectivity index is 1.81. The molecule has 0 saturated heterocycles. The second-order valence-corrected chi connectivity index (χ2v) is 5.58. The minimum Gasteiger partial charge on any atom is -0.354 e. The average Bonchev–Trinajstić information content (AvgIpc) is 2.96. The quantitative estimate of drug-likeness (QED) is 0.640. The molecule has 2 N–H and O–H groups in total. The van der Waals surface area contributed by atoms with Gasteiger partial charge in [0.15, 0.2) is 5.96 Å². The summed E-state index contributed by atoms with van der Waals surface area (Å²) in [6.07, 6.45) is 5.24. The Morgan fingerprint density at radius 1 is 1.47 bits per heavy atom. The van der Waals surface area contributed by atoms with Crippen LogP contribution in [0.3, 0.4) is 0 Å². The molecule has 17 heavy (non-hydrogen) atoms. The number of nitrogens with one attached hydrogen (secondary N) is 2. The summed E-state index contributed by atoms with van der Waals surface area (Å²) in [6.45, 7) is 3.02. The van der Waals surface area contributed by atoms with Crippen molar-refractivity contribution in [2.24, 2.45) is 4.99 Å². The first-order valence-corrected chi connectivity index (χ1v) is 7.17. The first-order chi connectivity index (χ1) is 8.29. The predicted octanol–water partition coefficient (Wildman–Crippen LogP) is 2.66. The molecule has 94 valence electrons. The maximum Gasteiger partial charge on any atom is 0.191 e. The van der Waals surface area contributed by atoms with Gasteiger partial charge in [0.25, 0.3) is 0 Å². The number of rotatable bonds is 3. The minimum atomic E-state index is 0.616. The maximum atomic E-state index is 4.28. The maximum absolute atomic E-state index is 4.28. The van der Waals surface area contributed by atoms with Gasteiger partial charge in [0.2, 0.25) is 0 Å². The van der Waals surface area contributed by atoms with Gasteiger partial charge in [-0.25, -0.2) is 0 Å². The first kappa shape index (κ1) is 12.4. The third-order valence-electron chi connectivity index (χ3n) is 3.30. The van der Waals surface area contributed by atoms with Crippen LogP contribution in [0.25, 0.3) is 0 Å². The fourth-order valence-electron chi connectivity index (χ4n) is 2.21. The van der Waals surface area contributed by atoms with Crippen LogP contribution < -0.4 is 10.6 Å². The van der Waals surface area contributed by atoms with Crippen LogP contribution in [0.15, 0.2) is 16.4 Å². The van der Waals surface area contributed by atoms with Crippen LogP contribution in [-0.2, 0) is 6.54 Å². The summed E-state index contributed by atoms with van der Waals surface area (Å²) in [5.74, 6) is 0.935. The number of hydrogen-bond donors (Lipinski definition) is 2. The van der Waals surface area contributed by atoms with E-state index in [0.29, 0.717) is 6.04 Å². The second-order valence-electron chi connectivity index (χ2n) is 4.58. The summed E-state index contributed by atoms with van der Waals surface area (Å²) in [6, 6.07) is 2.78. The number of aryl methyl sites for hydroxylation is 1. The standard InChI is InChI=1S/C13H21N3S/c1-10-7-8-17-12(10)9-15-13(14-2)16-11-5-3-4-6-11/h7-8,11H,3-6,9H2,1-2H3,(H2,14,15,16). The largest absolute Gasteiger partial charge is 0.354 e. The van der Waals surface area contributed by atoms with Crippen LogP contribution in [0.2, 0.25) is 0 Å². The van der Waals surface area contributed by atoms with Gasteiger partial charge in [-0.1, -0.05) is 12.8 Å². The molecule has 1 aromatic heterocycles. The lowest BCUT2D eigenvalue weighted by Gasteiger charge is -2.16. The van der Waals surface area contributed by atoms with E-state index < -0.39 is 0 Å². The summed E-state index contributed by atoms with van der Waals surface area (Å²) >= 11 is 1.80. The van der Waals surface area contributed by atoms with E-state index in [9.17, 15) is 0 Å². The smallest absolute Gasteiger partial charge is 0.191 e. The first-order valence-electron chi connectivity index (χ1n) is 6.29. The van der Waals surface area contributed by atoms with Gasteiger partial charge in [-0.3, -0.25) is 4.99 Å². The Labute approximate surface area is 107 Å². The summed E-state index contributed by atoms with van der Waals surface area (Å²) in [7, 11) is 1.84. The molecule has 3 nitrogen and oxygen atoms in total. The van der Waals surface area contributed by atoms with Gasteiger partial charge < -0.3 is 10.6 Å². The van der Waals surface area contributed by atoms with Crippen molar-refractivity contribution in [3.63, 3.8) is 0 Å². The number of guanidine groups is 1. The molecular formula is C13H21N3S. The van der Waals surface area contributed by atoms with Gasteiger partial charge in [-0.05, 0) is 36.8 Å². The van der Waals surface area contributed by atoms with Crippen molar-refractivity contribution in [3.05, 3.63) is 21.9 Å². The molecule has 1 saturated carbocycles. The van der Waals surface area contributed by atoms with E-state index >= 15 is 0 Å². The molecular weight excluding hydrogens is 230 g/mol. The average molecular weight is 251 g/mol. The molecule has 0 aromatic carbocycles. The molecule has 2 rings (SSSR count). The zero-order valence-electron chi connectivity index (χ0n) is 10.6. The highest BCUT2D eigenvalue weighted by Crippen LogP contribution is 2.18. The van der Waals surface area contributed by atoms with Gasteiger partial charge >= 0.3 is 0 Å². The predicted molar refractivity (Wildman–Crippen MR) is 74.6 cm³/mol. The number of hydrogen-bond acceptors (Lipinski definition) is 2. The van der Waals surface area contributed by atoms with E-state index in [0.717, 1.165) is 12.5 Å². The molecule has 1 heterocycles. The van der Waals surface area contributed by atoms with E-state index in [1.807, 2.05) is 7.05 Å². The molecule has 0 spiro atoms. The zero-order valence-corrected chi connectivity index (χ0v) is 11.4. The van der Waals surface area contributed by atoms with E-state index in [2.05, 4.69) is 34.0 Å². The second kappa shape index (κ2) is 6.05. The monoisotopic (exact) mass is 251 g/mol. The van der Waals surface area contributed by atoms with Crippen LogP contribution in [0, 0.1) is 6.92 Å². The lowest BCUT2D eigenvalue weighted by Crippen LogP contribution is -2.41. The third kappa shape index (κ3) is 3.46. The topological polar surface area (TPSA) is 36.4 Å². The Bertz CT molecular complexity index is 378. The van der Waals surface area contributed by atoms with Crippen molar-refractivity contribution in [1.29, 1.82) is 0 Å². The van der Waals surface area contributed by atoms with E-state index in [1.54, 1.807) is 11.3 Å². The van der Waals surface area contributed by atoms with Gasteiger partial charge in [0.05, 0.1) is 6.54 Å². The number of thiophene rings is 1. The van der Waals surface area contributed by atoms with E-state index in [1.165, 1.54) is 36.1 Å². The molecule has 1 aliphatic rings. The van der Waals surface area contributed by atoms with Crippen molar-refractivity contribution >= 4 is 17.3 Å². The summed E-state index contributed by atoms with van der Waals surface area (Å²) < 4.78 is 0. The van der Waals surface area contributed by atoms with Crippen LogP contribution in [0.5, 0.6) is 0 Å². The van der Waals surface area contributed by atoms with Crippen LogP contribution in [0.1, 0.15) is 36.1 Å². The van der Waals surface area contributed by atoms with Gasteiger partial charge in [-0.2, -0.15) is 0 Å². The van der Waals surface area contributed by atoms with Gasteiger partial charge in [0.1, 0.15) is 0 Å². The third-order valence-corrected chi connectivity index (χ3v) is 4.33. The normalized spacial score (nSPS) is 17.4. The molecule has 0 radical (unpaired) electrons. The number of nitrogens with zero attached hydrogens (tertiary/aromatic N) is 1. The van der Waals surface area contributed by atoms with E-state index in [-0.39, 0.29) is 0 Å². The Morgan fingerprint density at radius 2 is 2.24 bits per heavy atom. The molecule has 0 aliphatic heterocycles. The molecule has 4 heteroatoms. The van der Waals surface area contributed by atoms with Crippen molar-refractivity contribution in [3.8, 4) is 0 Å². The summed E-state index contributed by atoms with van der Waals surface area (Å²) in [5, 5.41) is 9.02. The van der Waals surface area contributed by atoms with Gasteiger partial charge in [-0.15, -0.1) is 11.3 Å². The van der Waals surface area contributed by atoms with Crippen molar-refractivity contribution in [2.45, 2.75) is 45.2 Å². The summed E-state index contributed by atoms with van der Waals surface area (Å²) in [4.78, 5) is 5.67. The van der Waals surface area contributed by atoms with Crippen LogP contribution >= 0.6 is 11.3 Å². The van der Waals surface area contributed by atoms with Crippen LogP contribution in [-0.4, -0.2) is 19.0 Å². The summed E-state index contributed by atoms with van der Waals surface area (Å²) in [5.41, 5.74) is 1.36. The fourth-order valence-corrected chi connectivity index (χ4v) is 3.05. The minimum absolute atomic E-state index is 0.616. The molecule has 0 atom stereocenters. The van der Waals surface area contributed by atoms with Crippen molar-refractivity contribution in [1.82, 2.24) is 10.6 Å². The SMILES string of the molecule is CN=C(NCc1sccc1C)NC1CCCC1. The highest BCUT2D eigenvalue weighted by Gasteiger charge is 2.15. The molecule has 1 fully saturated rings. The zero-order chi connectivity index (χ0) is 12.1. The Morgan fingerprint density at radius 3 is 2.82 bits per heavy atom. The molecule has 0 amide bonds. The Hall–Kier alpha value is -1.03. The highest BCUT2D eigenvalue weighted by atomic mass is 32.1. The number of aliphatic imine (C=N–C) groups is 1. The van der Waals surface area contributed by atoms with Crippen molar-refractivity contribution < 1.29 is 0 Å². The Kier molecular flexibility index (Phi) is 4.42. The fraction of sp³-hybridized carbons (Fsp3) is 0.615. The molecule has 1 aliphatic carbocycles. The molecule has 0 unspecified atom stereocenters. The lowest BCUT2D eigenvalue weighted by molar-refractivity contribution is 0.614. The van der Waals surface area contributed by atoms with Gasteiger partial charge in [0, 0.05) is 18.0 Å². The van der Waals surface area contributed by atoms with Crippen molar-refractivity contribution in [2.75, 3.05) is 7.05 Å². The molecule has 1 aromatic rings. The molecule has 0 bridgehead atoms. The van der Waals surface area contributed by atoms with Crippen LogP contribution in [0.4, 0.5) is 0 Å². The lowest BCUT2D eigenvalue weighted by atomic mass is 10.2.